The van der Waals surface area contributed by atoms with Gasteiger partial charge in [0.05, 0.1) is 13.2 Å². The van der Waals surface area contributed by atoms with Crippen LogP contribution in [0.2, 0.25) is 0 Å². The van der Waals surface area contributed by atoms with Crippen LogP contribution >= 0.6 is 0 Å². The van der Waals surface area contributed by atoms with Crippen molar-refractivity contribution in [3.8, 4) is 24.7 Å². The Morgan fingerprint density at radius 1 is 1.12 bits per heavy atom. The molecule has 0 atom stereocenters. The molecule has 0 unspecified atom stereocenters. The molecule has 0 amide bonds. The predicted molar refractivity (Wildman–Crippen MR) is 58.0 cm³/mol. The molecule has 0 spiro atoms. The number of ether oxygens (including phenoxy) is 2. The molecule has 0 aromatic rings. The second-order valence-electron chi connectivity index (χ2n) is 2.87. The van der Waals surface area contributed by atoms with Crippen molar-refractivity contribution >= 4 is 11.9 Å². The molecular weight excluding hydrogens is 208 g/mol. The van der Waals surface area contributed by atoms with Gasteiger partial charge in [0.2, 0.25) is 5.41 Å². The number of esters is 2. The Hall–Kier alpha value is -1.94. The van der Waals surface area contributed by atoms with E-state index in [1.807, 2.05) is 0 Å². The number of carbonyl (C=O) groups excluding carboxylic acids is 2. The third-order valence-electron chi connectivity index (χ3n) is 1.86. The lowest BCUT2D eigenvalue weighted by molar-refractivity contribution is -0.166. The van der Waals surface area contributed by atoms with Gasteiger partial charge >= 0.3 is 11.9 Å². The van der Waals surface area contributed by atoms with Gasteiger partial charge in [-0.1, -0.05) is 5.92 Å². The van der Waals surface area contributed by atoms with E-state index in [1.165, 1.54) is 0 Å². The molecule has 0 radical (unpaired) electrons. The van der Waals surface area contributed by atoms with Crippen LogP contribution in [0.5, 0.6) is 0 Å². The summed E-state index contributed by atoms with van der Waals surface area (Å²) in [4.78, 5) is 23.3. The normalized spacial score (nSPS) is 9.75. The van der Waals surface area contributed by atoms with Crippen LogP contribution in [0.3, 0.4) is 0 Å². The SMILES string of the molecule is C#CCC(C#C)(C(=O)OCC)C(=O)OCC. The van der Waals surface area contributed by atoms with E-state index in [-0.39, 0.29) is 19.6 Å². The van der Waals surface area contributed by atoms with E-state index in [2.05, 4.69) is 11.8 Å². The van der Waals surface area contributed by atoms with Gasteiger partial charge in [-0.15, -0.1) is 18.8 Å². The van der Waals surface area contributed by atoms with Gasteiger partial charge in [-0.3, -0.25) is 0 Å². The van der Waals surface area contributed by atoms with Crippen molar-refractivity contribution in [2.75, 3.05) is 13.2 Å². The van der Waals surface area contributed by atoms with Crippen LogP contribution in [0.15, 0.2) is 0 Å². The number of hydrogen-bond donors (Lipinski definition) is 0. The minimum Gasteiger partial charge on any atom is -0.464 e. The molecule has 0 aromatic heterocycles. The van der Waals surface area contributed by atoms with Crippen molar-refractivity contribution in [2.24, 2.45) is 5.41 Å². The summed E-state index contributed by atoms with van der Waals surface area (Å²) in [6, 6.07) is 0. The van der Waals surface area contributed by atoms with Crippen molar-refractivity contribution in [1.82, 2.24) is 0 Å². The predicted octanol–water partition coefficient (Wildman–Crippen LogP) is 0.755. The van der Waals surface area contributed by atoms with Crippen molar-refractivity contribution in [3.63, 3.8) is 0 Å². The quantitative estimate of drug-likeness (QED) is 0.391. The third-order valence-corrected chi connectivity index (χ3v) is 1.86. The molecule has 0 bridgehead atoms. The molecule has 0 aliphatic carbocycles. The summed E-state index contributed by atoms with van der Waals surface area (Å²) in [6.45, 7) is 3.46. The lowest BCUT2D eigenvalue weighted by atomic mass is 9.86. The van der Waals surface area contributed by atoms with E-state index in [0.29, 0.717) is 0 Å². The highest BCUT2D eigenvalue weighted by atomic mass is 16.6. The Bertz CT molecular complexity index is 325. The van der Waals surface area contributed by atoms with E-state index in [4.69, 9.17) is 22.3 Å². The second-order valence-corrected chi connectivity index (χ2v) is 2.87. The van der Waals surface area contributed by atoms with E-state index < -0.39 is 17.4 Å². The van der Waals surface area contributed by atoms with Gasteiger partial charge in [0.15, 0.2) is 0 Å². The fourth-order valence-electron chi connectivity index (χ4n) is 1.06. The van der Waals surface area contributed by atoms with Gasteiger partial charge in [-0.2, -0.15) is 0 Å². The molecule has 0 rings (SSSR count). The molecule has 0 saturated carbocycles. The number of rotatable bonds is 5. The van der Waals surface area contributed by atoms with Crippen LogP contribution in [0, 0.1) is 30.1 Å². The topological polar surface area (TPSA) is 52.6 Å². The summed E-state index contributed by atoms with van der Waals surface area (Å²) in [5, 5.41) is 0. The Balaban J connectivity index is 5.17. The molecule has 0 aromatic carbocycles. The molecule has 16 heavy (non-hydrogen) atoms. The third kappa shape index (κ3) is 2.77. The summed E-state index contributed by atoms with van der Waals surface area (Å²) in [7, 11) is 0. The zero-order chi connectivity index (χ0) is 12.6. The van der Waals surface area contributed by atoms with Crippen LogP contribution in [0.4, 0.5) is 0 Å². The van der Waals surface area contributed by atoms with Crippen molar-refractivity contribution < 1.29 is 19.1 Å². The number of terminal acetylenes is 2. The summed E-state index contributed by atoms with van der Waals surface area (Å²) in [5.74, 6) is 2.61. The first-order chi connectivity index (χ1) is 7.58. The largest absolute Gasteiger partial charge is 0.464 e. The lowest BCUT2D eigenvalue weighted by Crippen LogP contribution is -2.40. The standard InChI is InChI=1S/C12H14O4/c1-5-9-12(6-2,10(13)15-7-3)11(14)16-8-4/h1-2H,7-9H2,3-4H3. The Morgan fingerprint density at radius 2 is 1.56 bits per heavy atom. The van der Waals surface area contributed by atoms with Gasteiger partial charge in [0, 0.05) is 6.42 Å². The first kappa shape index (κ1) is 14.1. The molecule has 0 saturated heterocycles. The molecule has 0 fully saturated rings. The second kappa shape index (κ2) is 6.53. The average molecular weight is 222 g/mol. The summed E-state index contributed by atoms with van der Waals surface area (Å²) in [5.41, 5.74) is -1.82. The summed E-state index contributed by atoms with van der Waals surface area (Å²) in [6.07, 6.45) is 10.1. The maximum absolute atomic E-state index is 11.6. The van der Waals surface area contributed by atoms with Gasteiger partial charge in [-0.05, 0) is 13.8 Å². The fourth-order valence-corrected chi connectivity index (χ4v) is 1.06. The highest BCUT2D eigenvalue weighted by Crippen LogP contribution is 2.25. The van der Waals surface area contributed by atoms with Gasteiger partial charge in [-0.25, -0.2) is 9.59 Å². The Kier molecular flexibility index (Phi) is 5.74. The van der Waals surface area contributed by atoms with Gasteiger partial charge in [0.1, 0.15) is 0 Å². The van der Waals surface area contributed by atoms with E-state index in [9.17, 15) is 9.59 Å². The lowest BCUT2D eigenvalue weighted by Gasteiger charge is -2.21. The minimum atomic E-state index is -1.82. The average Bonchev–Trinajstić information content (AvgIpc) is 2.26. The summed E-state index contributed by atoms with van der Waals surface area (Å²) >= 11 is 0. The molecule has 0 aliphatic rings. The maximum Gasteiger partial charge on any atom is 0.336 e. The maximum atomic E-state index is 11.6. The van der Waals surface area contributed by atoms with E-state index >= 15 is 0 Å². The molecule has 0 aliphatic heterocycles. The Labute approximate surface area is 95.3 Å². The summed E-state index contributed by atoms with van der Waals surface area (Å²) < 4.78 is 9.48. The van der Waals surface area contributed by atoms with Crippen molar-refractivity contribution in [3.05, 3.63) is 0 Å². The van der Waals surface area contributed by atoms with Crippen LogP contribution in [0.25, 0.3) is 0 Å². The first-order valence-corrected chi connectivity index (χ1v) is 4.84. The smallest absolute Gasteiger partial charge is 0.336 e. The monoisotopic (exact) mass is 222 g/mol. The minimum absolute atomic E-state index is 0.117. The van der Waals surface area contributed by atoms with E-state index in [0.717, 1.165) is 0 Å². The van der Waals surface area contributed by atoms with Crippen molar-refractivity contribution in [1.29, 1.82) is 0 Å². The van der Waals surface area contributed by atoms with Gasteiger partial charge < -0.3 is 9.47 Å². The van der Waals surface area contributed by atoms with Gasteiger partial charge in [0.25, 0.3) is 0 Å². The molecule has 4 nitrogen and oxygen atoms in total. The first-order valence-electron chi connectivity index (χ1n) is 4.84. The van der Waals surface area contributed by atoms with Crippen LogP contribution in [-0.2, 0) is 19.1 Å². The van der Waals surface area contributed by atoms with Crippen LogP contribution in [0.1, 0.15) is 20.3 Å². The zero-order valence-electron chi connectivity index (χ0n) is 9.41. The van der Waals surface area contributed by atoms with Crippen LogP contribution < -0.4 is 0 Å². The van der Waals surface area contributed by atoms with Crippen LogP contribution in [-0.4, -0.2) is 25.2 Å². The highest BCUT2D eigenvalue weighted by Gasteiger charge is 2.47. The molecule has 4 heteroatoms. The molecule has 0 heterocycles. The fraction of sp³-hybridized carbons (Fsp3) is 0.500. The molecular formula is C12H14O4. The number of carbonyl (C=O) groups is 2. The van der Waals surface area contributed by atoms with Crippen molar-refractivity contribution in [2.45, 2.75) is 20.3 Å². The number of hydrogen-bond acceptors (Lipinski definition) is 4. The molecule has 0 N–H and O–H groups in total. The van der Waals surface area contributed by atoms with E-state index in [1.54, 1.807) is 13.8 Å². The Morgan fingerprint density at radius 3 is 1.81 bits per heavy atom. The molecule has 86 valence electrons. The zero-order valence-corrected chi connectivity index (χ0v) is 9.41. The highest BCUT2D eigenvalue weighted by molar-refractivity contribution is 6.03.